The van der Waals surface area contributed by atoms with Gasteiger partial charge in [0.15, 0.2) is 11.5 Å². The lowest BCUT2D eigenvalue weighted by Crippen LogP contribution is -2.28. The van der Waals surface area contributed by atoms with E-state index < -0.39 is 21.4 Å². The fraction of sp³-hybridized carbons (Fsp3) is 0.300. The quantitative estimate of drug-likeness (QED) is 0.473. The van der Waals surface area contributed by atoms with Gasteiger partial charge in [-0.15, -0.1) is 0 Å². The van der Waals surface area contributed by atoms with Gasteiger partial charge in [0.2, 0.25) is 0 Å². The number of ether oxygens (including phenoxy) is 1. The molecule has 0 aliphatic rings. The van der Waals surface area contributed by atoms with Crippen LogP contribution in [0, 0.1) is 0 Å². The van der Waals surface area contributed by atoms with E-state index in [1.165, 1.54) is 6.92 Å². The van der Waals surface area contributed by atoms with Crippen molar-refractivity contribution in [3.05, 3.63) is 23.8 Å². The Hall–Kier alpha value is -1.77. The average Bonchev–Trinajstić information content (AvgIpc) is 2.30. The second-order valence-electron chi connectivity index (χ2n) is 3.24. The molecule has 1 rings (SSSR count). The third kappa shape index (κ3) is 3.60. The van der Waals surface area contributed by atoms with Crippen molar-refractivity contribution in [3.8, 4) is 11.5 Å². The summed E-state index contributed by atoms with van der Waals surface area (Å²) < 4.78 is 67.1. The lowest BCUT2D eigenvalue weighted by atomic mass is 10.2. The molecule has 0 aliphatic carbocycles. The molecule has 0 spiro atoms. The van der Waals surface area contributed by atoms with Crippen LogP contribution in [0.1, 0.15) is 17.3 Å². The molecule has 0 radical (unpaired) electrons. The highest BCUT2D eigenvalue weighted by atomic mass is 32.2. The summed E-state index contributed by atoms with van der Waals surface area (Å²) in [5.74, 6) is -0.898. The second kappa shape index (κ2) is 5.47. The van der Waals surface area contributed by atoms with Crippen LogP contribution in [0.2, 0.25) is 0 Å². The van der Waals surface area contributed by atoms with Gasteiger partial charge in [-0.25, -0.2) is 0 Å². The van der Waals surface area contributed by atoms with Crippen LogP contribution < -0.4 is 8.92 Å². The molecule has 1 aromatic carbocycles. The standard InChI is InChI=1S/C10H9F3O5S/c1-2-17-9-5-7(6-14)3-4-8(9)18-19(15,16)10(11,12)13/h3-6H,2H2,1H3. The Kier molecular flexibility index (Phi) is 4.40. The van der Waals surface area contributed by atoms with E-state index in [9.17, 15) is 26.4 Å². The van der Waals surface area contributed by atoms with E-state index >= 15 is 0 Å². The molecule has 0 aromatic heterocycles. The lowest BCUT2D eigenvalue weighted by Gasteiger charge is -2.13. The number of hydrogen-bond acceptors (Lipinski definition) is 5. The summed E-state index contributed by atoms with van der Waals surface area (Å²) in [5, 5.41) is 0. The Labute approximate surface area is 107 Å². The summed E-state index contributed by atoms with van der Waals surface area (Å²) >= 11 is 0. The highest BCUT2D eigenvalue weighted by molar-refractivity contribution is 7.88. The van der Waals surface area contributed by atoms with Crippen molar-refractivity contribution in [3.63, 3.8) is 0 Å². The number of aldehydes is 1. The van der Waals surface area contributed by atoms with E-state index in [2.05, 4.69) is 4.18 Å². The van der Waals surface area contributed by atoms with Crippen molar-refractivity contribution >= 4 is 16.4 Å². The van der Waals surface area contributed by atoms with Crippen LogP contribution in [0.5, 0.6) is 11.5 Å². The number of hydrogen-bond donors (Lipinski definition) is 0. The van der Waals surface area contributed by atoms with Crippen LogP contribution in [0.15, 0.2) is 18.2 Å². The Morgan fingerprint density at radius 3 is 2.37 bits per heavy atom. The zero-order valence-corrected chi connectivity index (χ0v) is 10.4. The summed E-state index contributed by atoms with van der Waals surface area (Å²) in [7, 11) is -5.78. The van der Waals surface area contributed by atoms with Crippen molar-refractivity contribution in [2.24, 2.45) is 0 Å². The van der Waals surface area contributed by atoms with Crippen LogP contribution in [-0.4, -0.2) is 26.8 Å². The molecule has 0 fully saturated rings. The minimum atomic E-state index is -5.78. The maximum Gasteiger partial charge on any atom is 0.534 e. The zero-order valence-electron chi connectivity index (χ0n) is 9.60. The number of halogens is 3. The van der Waals surface area contributed by atoms with Gasteiger partial charge in [0.1, 0.15) is 6.29 Å². The average molecular weight is 298 g/mol. The van der Waals surface area contributed by atoms with Gasteiger partial charge >= 0.3 is 15.6 Å². The maximum absolute atomic E-state index is 12.2. The topological polar surface area (TPSA) is 69.7 Å². The first-order valence-electron chi connectivity index (χ1n) is 4.94. The van der Waals surface area contributed by atoms with Crippen molar-refractivity contribution in [2.75, 3.05) is 6.61 Å². The molecule has 9 heteroatoms. The maximum atomic E-state index is 12.2. The van der Waals surface area contributed by atoms with Gasteiger partial charge in [0, 0.05) is 5.56 Å². The predicted octanol–water partition coefficient (Wildman–Crippen LogP) is 2.13. The van der Waals surface area contributed by atoms with E-state index in [0.717, 1.165) is 18.2 Å². The van der Waals surface area contributed by atoms with Gasteiger partial charge in [0.05, 0.1) is 6.61 Å². The van der Waals surface area contributed by atoms with Gasteiger partial charge in [-0.1, -0.05) is 0 Å². The Morgan fingerprint density at radius 1 is 1.26 bits per heavy atom. The van der Waals surface area contributed by atoms with Crippen molar-refractivity contribution in [1.29, 1.82) is 0 Å². The van der Waals surface area contributed by atoms with Crippen molar-refractivity contribution in [2.45, 2.75) is 12.4 Å². The van der Waals surface area contributed by atoms with Crippen LogP contribution in [-0.2, 0) is 10.1 Å². The SMILES string of the molecule is CCOc1cc(C=O)ccc1OS(=O)(=O)C(F)(F)F. The number of carbonyl (C=O) groups excluding carboxylic acids is 1. The first-order valence-corrected chi connectivity index (χ1v) is 6.35. The predicted molar refractivity (Wildman–Crippen MR) is 58.6 cm³/mol. The summed E-state index contributed by atoms with van der Waals surface area (Å²) in [6, 6.07) is 3.10. The van der Waals surface area contributed by atoms with E-state index in [1.807, 2.05) is 0 Å². The monoisotopic (exact) mass is 298 g/mol. The highest BCUT2D eigenvalue weighted by Gasteiger charge is 2.48. The van der Waals surface area contributed by atoms with Crippen LogP contribution in [0.3, 0.4) is 0 Å². The molecule has 0 N–H and O–H groups in total. The summed E-state index contributed by atoms with van der Waals surface area (Å²) in [6.45, 7) is 1.60. The lowest BCUT2D eigenvalue weighted by molar-refractivity contribution is -0.0500. The molecular formula is C10H9F3O5S. The smallest absolute Gasteiger partial charge is 0.490 e. The fourth-order valence-electron chi connectivity index (χ4n) is 1.10. The molecule has 5 nitrogen and oxygen atoms in total. The minimum Gasteiger partial charge on any atom is -0.490 e. The van der Waals surface area contributed by atoms with E-state index in [-0.39, 0.29) is 17.9 Å². The van der Waals surface area contributed by atoms with E-state index in [1.54, 1.807) is 0 Å². The Morgan fingerprint density at radius 2 is 1.89 bits per heavy atom. The zero-order chi connectivity index (χ0) is 14.7. The minimum absolute atomic E-state index is 0.0603. The molecule has 1 aromatic rings. The number of benzene rings is 1. The first kappa shape index (κ1) is 15.3. The molecule has 106 valence electrons. The number of rotatable bonds is 5. The number of carbonyl (C=O) groups is 1. The fourth-order valence-corrected chi connectivity index (χ4v) is 1.57. The third-order valence-corrected chi connectivity index (χ3v) is 2.85. The van der Waals surface area contributed by atoms with Crippen LogP contribution in [0.25, 0.3) is 0 Å². The normalized spacial score (nSPS) is 12.0. The number of alkyl halides is 3. The summed E-state index contributed by atoms with van der Waals surface area (Å²) in [5.41, 5.74) is -5.43. The molecule has 0 aliphatic heterocycles. The Bertz CT molecular complexity index is 565. The summed E-state index contributed by atoms with van der Waals surface area (Å²) in [6.07, 6.45) is 0.435. The molecule has 0 amide bonds. The highest BCUT2D eigenvalue weighted by Crippen LogP contribution is 2.33. The van der Waals surface area contributed by atoms with Crippen molar-refractivity contribution in [1.82, 2.24) is 0 Å². The second-order valence-corrected chi connectivity index (χ2v) is 4.78. The van der Waals surface area contributed by atoms with Gasteiger partial charge in [-0.05, 0) is 25.1 Å². The van der Waals surface area contributed by atoms with Gasteiger partial charge in [0.25, 0.3) is 0 Å². The molecular weight excluding hydrogens is 289 g/mol. The van der Waals surface area contributed by atoms with Crippen LogP contribution in [0.4, 0.5) is 13.2 Å². The molecule has 0 heterocycles. The molecule has 0 atom stereocenters. The Balaban J connectivity index is 3.17. The largest absolute Gasteiger partial charge is 0.534 e. The van der Waals surface area contributed by atoms with Crippen molar-refractivity contribution < 1.29 is 35.3 Å². The molecule has 0 unspecified atom stereocenters. The third-order valence-electron chi connectivity index (χ3n) is 1.89. The van der Waals surface area contributed by atoms with Crippen LogP contribution >= 0.6 is 0 Å². The molecule has 19 heavy (non-hydrogen) atoms. The first-order chi connectivity index (χ1) is 8.71. The van der Waals surface area contributed by atoms with E-state index in [0.29, 0.717) is 6.29 Å². The molecule has 0 saturated heterocycles. The van der Waals surface area contributed by atoms with Gasteiger partial charge in [-0.3, -0.25) is 4.79 Å². The van der Waals surface area contributed by atoms with Gasteiger partial charge < -0.3 is 8.92 Å². The summed E-state index contributed by atoms with van der Waals surface area (Å²) in [4.78, 5) is 10.5. The van der Waals surface area contributed by atoms with Gasteiger partial charge in [-0.2, -0.15) is 21.6 Å². The van der Waals surface area contributed by atoms with E-state index in [4.69, 9.17) is 4.74 Å². The molecule has 0 saturated carbocycles. The molecule has 0 bridgehead atoms.